The molecule has 5 heteroatoms. The van der Waals surface area contributed by atoms with Gasteiger partial charge in [-0.15, -0.1) is 0 Å². The van der Waals surface area contributed by atoms with Gasteiger partial charge in [-0.05, 0) is 29.8 Å². The average Bonchev–Trinajstić information content (AvgIpc) is 2.37. The summed E-state index contributed by atoms with van der Waals surface area (Å²) in [6.07, 6.45) is 1.41. The first kappa shape index (κ1) is 12.0. The molecule has 1 heterocycles. The van der Waals surface area contributed by atoms with Crippen LogP contribution < -0.4 is 5.32 Å². The zero-order valence-electron chi connectivity index (χ0n) is 9.43. The van der Waals surface area contributed by atoms with Crippen LogP contribution in [0.5, 0.6) is 0 Å². The standard InChI is InChI=1S/C13H11FN2O2/c14-10-4-1-3-9(7-10)8-16-11-5-2-6-15-12(11)13(17)18/h1-7,16H,8H2,(H,17,18). The average molecular weight is 246 g/mol. The lowest BCUT2D eigenvalue weighted by Crippen LogP contribution is -2.08. The topological polar surface area (TPSA) is 62.2 Å². The molecule has 0 atom stereocenters. The molecule has 2 aromatic rings. The van der Waals surface area contributed by atoms with Crippen LogP contribution in [-0.4, -0.2) is 16.1 Å². The number of benzene rings is 1. The van der Waals surface area contributed by atoms with Crippen molar-refractivity contribution >= 4 is 11.7 Å². The van der Waals surface area contributed by atoms with E-state index >= 15 is 0 Å². The minimum atomic E-state index is -1.10. The predicted octanol–water partition coefficient (Wildman–Crippen LogP) is 2.53. The van der Waals surface area contributed by atoms with Crippen molar-refractivity contribution in [2.45, 2.75) is 6.54 Å². The highest BCUT2D eigenvalue weighted by atomic mass is 19.1. The smallest absolute Gasteiger partial charge is 0.356 e. The fourth-order valence-electron chi connectivity index (χ4n) is 1.56. The summed E-state index contributed by atoms with van der Waals surface area (Å²) in [5.41, 5.74) is 1.10. The molecule has 0 saturated carbocycles. The van der Waals surface area contributed by atoms with E-state index in [9.17, 15) is 9.18 Å². The van der Waals surface area contributed by atoms with Crippen molar-refractivity contribution < 1.29 is 14.3 Å². The van der Waals surface area contributed by atoms with Crippen LogP contribution in [0.3, 0.4) is 0 Å². The van der Waals surface area contributed by atoms with Crippen molar-refractivity contribution in [2.24, 2.45) is 0 Å². The number of carboxylic acids is 1. The van der Waals surface area contributed by atoms with Crippen LogP contribution in [-0.2, 0) is 6.54 Å². The van der Waals surface area contributed by atoms with Crippen LogP contribution in [0.15, 0.2) is 42.6 Å². The molecular weight excluding hydrogens is 235 g/mol. The van der Waals surface area contributed by atoms with Gasteiger partial charge < -0.3 is 10.4 Å². The number of anilines is 1. The summed E-state index contributed by atoms with van der Waals surface area (Å²) < 4.78 is 13.0. The van der Waals surface area contributed by atoms with Crippen LogP contribution >= 0.6 is 0 Å². The summed E-state index contributed by atoms with van der Waals surface area (Å²) in [6.45, 7) is 0.337. The number of rotatable bonds is 4. The quantitative estimate of drug-likeness (QED) is 0.870. The Labute approximate surface area is 103 Å². The maximum Gasteiger partial charge on any atom is 0.356 e. The van der Waals surface area contributed by atoms with Gasteiger partial charge in [-0.3, -0.25) is 0 Å². The van der Waals surface area contributed by atoms with E-state index in [4.69, 9.17) is 5.11 Å². The second-order valence-electron chi connectivity index (χ2n) is 3.69. The summed E-state index contributed by atoms with van der Waals surface area (Å²) >= 11 is 0. The minimum Gasteiger partial charge on any atom is -0.476 e. The van der Waals surface area contributed by atoms with Gasteiger partial charge >= 0.3 is 5.97 Å². The van der Waals surface area contributed by atoms with E-state index in [-0.39, 0.29) is 11.5 Å². The summed E-state index contributed by atoms with van der Waals surface area (Å²) in [7, 11) is 0. The molecule has 0 saturated heterocycles. The third-order valence-corrected chi connectivity index (χ3v) is 2.38. The molecule has 0 amide bonds. The number of aromatic nitrogens is 1. The summed E-state index contributed by atoms with van der Waals surface area (Å²) in [5.74, 6) is -1.42. The number of nitrogens with zero attached hydrogens (tertiary/aromatic N) is 1. The van der Waals surface area contributed by atoms with E-state index in [1.807, 2.05) is 0 Å². The molecule has 0 aliphatic rings. The van der Waals surface area contributed by atoms with E-state index in [0.29, 0.717) is 12.2 Å². The van der Waals surface area contributed by atoms with Crippen LogP contribution in [0.2, 0.25) is 0 Å². The lowest BCUT2D eigenvalue weighted by molar-refractivity contribution is 0.0691. The number of hydrogen-bond acceptors (Lipinski definition) is 3. The number of halogens is 1. The van der Waals surface area contributed by atoms with E-state index in [2.05, 4.69) is 10.3 Å². The first-order chi connectivity index (χ1) is 8.66. The number of hydrogen-bond donors (Lipinski definition) is 2. The Morgan fingerprint density at radius 2 is 2.17 bits per heavy atom. The van der Waals surface area contributed by atoms with Gasteiger partial charge in [-0.2, -0.15) is 0 Å². The molecular formula is C13H11FN2O2. The van der Waals surface area contributed by atoms with Gasteiger partial charge in [0.2, 0.25) is 0 Å². The molecule has 92 valence electrons. The highest BCUT2D eigenvalue weighted by Gasteiger charge is 2.10. The number of nitrogens with one attached hydrogen (secondary N) is 1. The Kier molecular flexibility index (Phi) is 3.52. The molecule has 2 N–H and O–H groups in total. The van der Waals surface area contributed by atoms with Crippen molar-refractivity contribution in [1.29, 1.82) is 0 Å². The summed E-state index contributed by atoms with van der Waals surface area (Å²) in [6, 6.07) is 9.37. The number of pyridine rings is 1. The molecule has 0 spiro atoms. The Hall–Kier alpha value is -2.43. The highest BCUT2D eigenvalue weighted by Crippen LogP contribution is 2.14. The summed E-state index contributed by atoms with van der Waals surface area (Å²) in [4.78, 5) is 14.7. The molecule has 0 aliphatic heterocycles. The Morgan fingerprint density at radius 1 is 1.33 bits per heavy atom. The number of carbonyl (C=O) groups is 1. The van der Waals surface area contributed by atoms with Crippen molar-refractivity contribution in [3.8, 4) is 0 Å². The maximum atomic E-state index is 13.0. The van der Waals surface area contributed by atoms with Gasteiger partial charge in [-0.25, -0.2) is 14.2 Å². The summed E-state index contributed by atoms with van der Waals surface area (Å²) in [5, 5.41) is 11.9. The first-order valence-corrected chi connectivity index (χ1v) is 5.33. The van der Waals surface area contributed by atoms with Crippen molar-refractivity contribution in [1.82, 2.24) is 4.98 Å². The maximum absolute atomic E-state index is 13.0. The van der Waals surface area contributed by atoms with Gasteiger partial charge in [-0.1, -0.05) is 12.1 Å². The molecule has 0 bridgehead atoms. The number of aromatic carboxylic acids is 1. The zero-order chi connectivity index (χ0) is 13.0. The SMILES string of the molecule is O=C(O)c1ncccc1NCc1cccc(F)c1. The van der Waals surface area contributed by atoms with E-state index in [1.54, 1.807) is 24.3 Å². The Bertz CT molecular complexity index is 572. The molecule has 4 nitrogen and oxygen atoms in total. The van der Waals surface area contributed by atoms with Gasteiger partial charge in [0.1, 0.15) is 5.82 Å². The second-order valence-corrected chi connectivity index (χ2v) is 3.69. The van der Waals surface area contributed by atoms with Crippen molar-refractivity contribution in [3.05, 3.63) is 59.7 Å². The fraction of sp³-hybridized carbons (Fsp3) is 0.0769. The van der Waals surface area contributed by atoms with E-state index < -0.39 is 5.97 Å². The van der Waals surface area contributed by atoms with Crippen molar-refractivity contribution in [2.75, 3.05) is 5.32 Å². The molecule has 18 heavy (non-hydrogen) atoms. The molecule has 1 aromatic carbocycles. The molecule has 1 aromatic heterocycles. The van der Waals surface area contributed by atoms with Gasteiger partial charge in [0, 0.05) is 12.7 Å². The third kappa shape index (κ3) is 2.82. The van der Waals surface area contributed by atoms with Gasteiger partial charge in [0.15, 0.2) is 5.69 Å². The molecule has 2 rings (SSSR count). The monoisotopic (exact) mass is 246 g/mol. The zero-order valence-corrected chi connectivity index (χ0v) is 9.43. The molecule has 0 fully saturated rings. The lowest BCUT2D eigenvalue weighted by Gasteiger charge is -2.08. The molecule has 0 aliphatic carbocycles. The highest BCUT2D eigenvalue weighted by molar-refractivity contribution is 5.91. The van der Waals surface area contributed by atoms with Crippen LogP contribution in [0.4, 0.5) is 10.1 Å². The van der Waals surface area contributed by atoms with Crippen LogP contribution in [0.25, 0.3) is 0 Å². The second kappa shape index (κ2) is 5.27. The molecule has 0 radical (unpaired) electrons. The minimum absolute atomic E-state index is 0.0473. The fourth-order valence-corrected chi connectivity index (χ4v) is 1.56. The van der Waals surface area contributed by atoms with Gasteiger partial charge in [0.05, 0.1) is 5.69 Å². The van der Waals surface area contributed by atoms with Gasteiger partial charge in [0.25, 0.3) is 0 Å². The van der Waals surface area contributed by atoms with E-state index in [0.717, 1.165) is 5.56 Å². The predicted molar refractivity (Wildman–Crippen MR) is 64.9 cm³/mol. The molecule has 0 unspecified atom stereocenters. The van der Waals surface area contributed by atoms with Crippen molar-refractivity contribution in [3.63, 3.8) is 0 Å². The first-order valence-electron chi connectivity index (χ1n) is 5.33. The van der Waals surface area contributed by atoms with E-state index in [1.165, 1.54) is 18.3 Å². The van der Waals surface area contributed by atoms with Crippen LogP contribution in [0.1, 0.15) is 16.1 Å². The Morgan fingerprint density at radius 3 is 2.89 bits per heavy atom. The van der Waals surface area contributed by atoms with Crippen LogP contribution in [0, 0.1) is 5.82 Å². The lowest BCUT2D eigenvalue weighted by atomic mass is 10.2. The third-order valence-electron chi connectivity index (χ3n) is 2.38. The normalized spacial score (nSPS) is 10.1. The largest absolute Gasteiger partial charge is 0.476 e. The Balaban J connectivity index is 2.13. The number of carboxylic acid groups (broad SMARTS) is 1.